The van der Waals surface area contributed by atoms with Gasteiger partial charge in [-0.3, -0.25) is 29.4 Å². The maximum atomic E-state index is 12.9. The third-order valence-electron chi connectivity index (χ3n) is 5.75. The summed E-state index contributed by atoms with van der Waals surface area (Å²) in [6.07, 6.45) is -0.229. The number of nitro benzene ring substituents is 1. The normalized spacial score (nSPS) is 28.8. The molecule has 11 heteroatoms. The Hall–Kier alpha value is -2.37. The molecule has 0 aromatic heterocycles. The van der Waals surface area contributed by atoms with Crippen molar-refractivity contribution in [1.82, 2.24) is 10.2 Å². The fraction of sp³-hybridized carbons (Fsp3) is 0.421. The van der Waals surface area contributed by atoms with Crippen LogP contribution in [0, 0.1) is 22.0 Å². The summed E-state index contributed by atoms with van der Waals surface area (Å²) in [6, 6.07) is 5.93. The minimum absolute atomic E-state index is 0.0587. The summed E-state index contributed by atoms with van der Waals surface area (Å²) in [6.45, 7) is 1.99. The Kier molecular flexibility index (Phi) is 5.15. The van der Waals surface area contributed by atoms with E-state index in [0.717, 1.165) is 0 Å². The summed E-state index contributed by atoms with van der Waals surface area (Å²) in [4.78, 5) is 48.9. The second kappa shape index (κ2) is 7.40. The van der Waals surface area contributed by atoms with Crippen LogP contribution in [0.1, 0.15) is 18.9 Å². The first-order valence-corrected chi connectivity index (χ1v) is 10.6. The number of fused-ring (bicyclic) bond motifs is 1. The molecule has 1 aromatic rings. The van der Waals surface area contributed by atoms with E-state index in [4.69, 9.17) is 0 Å². The van der Waals surface area contributed by atoms with Gasteiger partial charge in [0.15, 0.2) is 0 Å². The maximum Gasteiger partial charge on any atom is 0.269 e. The van der Waals surface area contributed by atoms with Crippen molar-refractivity contribution in [2.45, 2.75) is 30.7 Å². The lowest BCUT2D eigenvalue weighted by molar-refractivity contribution is -0.384. The van der Waals surface area contributed by atoms with E-state index >= 15 is 0 Å². The number of hydrogen-bond donors (Lipinski definition) is 3. The summed E-state index contributed by atoms with van der Waals surface area (Å²) < 4.78 is 0. The first-order valence-electron chi connectivity index (χ1n) is 9.37. The zero-order valence-electron chi connectivity index (χ0n) is 15.9. The molecule has 3 aliphatic heterocycles. The summed E-state index contributed by atoms with van der Waals surface area (Å²) >= 11 is 5.21. The summed E-state index contributed by atoms with van der Waals surface area (Å²) in [7, 11) is 0. The van der Waals surface area contributed by atoms with Crippen LogP contribution in [0.25, 0.3) is 0 Å². The average molecular weight is 450 g/mol. The van der Waals surface area contributed by atoms with Gasteiger partial charge in [-0.05, 0) is 18.9 Å². The Labute approximate surface area is 181 Å². The number of carbonyl (C=O) groups is 3. The number of non-ortho nitro benzene ring substituents is 1. The highest BCUT2D eigenvalue weighted by molar-refractivity contribution is 8.05. The van der Waals surface area contributed by atoms with E-state index in [9.17, 15) is 29.6 Å². The van der Waals surface area contributed by atoms with Gasteiger partial charge in [0, 0.05) is 30.0 Å². The molecule has 1 aromatic carbocycles. The Balaban J connectivity index is 1.75. The number of carbonyl (C=O) groups excluding carboxylic acids is 3. The van der Waals surface area contributed by atoms with Crippen molar-refractivity contribution in [3.05, 3.63) is 50.5 Å². The van der Waals surface area contributed by atoms with Gasteiger partial charge < -0.3 is 10.4 Å². The predicted molar refractivity (Wildman–Crippen MR) is 111 cm³/mol. The average Bonchev–Trinajstić information content (AvgIpc) is 3.20. The Morgan fingerprint density at radius 3 is 2.60 bits per heavy atom. The standard InChI is InChI=1S/C19H19N3O6S2/c1-9(23)13-17(25)21-14(18(26)29)15(12-6-7-20-16(12)24)30-19(13,21)8-10-2-4-11(5-3-10)22(27)28/h2-5,9,12-13,23H,6-8H2,1H3,(H,20,24)(H,26,29)/t9-,12?,13+,19-/m1/s1. The smallest absolute Gasteiger partial charge is 0.269 e. The van der Waals surface area contributed by atoms with Crippen LogP contribution in [-0.4, -0.2) is 49.4 Å². The molecule has 0 aliphatic carbocycles. The highest BCUT2D eigenvalue weighted by Crippen LogP contribution is 2.62. The minimum atomic E-state index is -0.993. The van der Waals surface area contributed by atoms with E-state index in [1.807, 2.05) is 0 Å². The first-order chi connectivity index (χ1) is 14.2. The van der Waals surface area contributed by atoms with E-state index in [0.29, 0.717) is 23.4 Å². The highest BCUT2D eigenvalue weighted by Gasteiger charge is 2.68. The zero-order valence-corrected chi connectivity index (χ0v) is 17.6. The Bertz CT molecular complexity index is 992. The molecule has 2 amide bonds. The van der Waals surface area contributed by atoms with Crippen LogP contribution in [0.15, 0.2) is 34.9 Å². The van der Waals surface area contributed by atoms with Gasteiger partial charge in [0.1, 0.15) is 10.6 Å². The molecule has 2 saturated heterocycles. The quantitative estimate of drug-likeness (QED) is 0.258. The number of thiol groups is 1. The van der Waals surface area contributed by atoms with Gasteiger partial charge in [0.05, 0.1) is 22.9 Å². The van der Waals surface area contributed by atoms with Gasteiger partial charge in [0.2, 0.25) is 16.9 Å². The Morgan fingerprint density at radius 1 is 1.43 bits per heavy atom. The number of hydrogen-bond acceptors (Lipinski definition) is 7. The maximum absolute atomic E-state index is 12.9. The van der Waals surface area contributed by atoms with Gasteiger partial charge >= 0.3 is 0 Å². The van der Waals surface area contributed by atoms with Crippen LogP contribution in [0.5, 0.6) is 0 Å². The number of aliphatic hydroxyl groups is 1. The van der Waals surface area contributed by atoms with Crippen molar-refractivity contribution in [1.29, 1.82) is 0 Å². The van der Waals surface area contributed by atoms with Gasteiger partial charge in [-0.25, -0.2) is 0 Å². The summed E-state index contributed by atoms with van der Waals surface area (Å²) in [5, 5.41) is 23.4. The van der Waals surface area contributed by atoms with Crippen molar-refractivity contribution in [2.24, 2.45) is 11.8 Å². The van der Waals surface area contributed by atoms with E-state index < -0.39 is 38.8 Å². The van der Waals surface area contributed by atoms with Crippen molar-refractivity contribution < 1.29 is 24.4 Å². The first kappa shape index (κ1) is 20.9. The van der Waals surface area contributed by atoms with Gasteiger partial charge in [-0.2, -0.15) is 0 Å². The van der Waals surface area contributed by atoms with Crippen molar-refractivity contribution in [2.75, 3.05) is 6.54 Å². The fourth-order valence-corrected chi connectivity index (χ4v) is 6.73. The molecule has 4 atom stereocenters. The van der Waals surface area contributed by atoms with Crippen molar-refractivity contribution in [3.8, 4) is 0 Å². The molecule has 2 fully saturated rings. The molecule has 0 saturated carbocycles. The number of rotatable bonds is 6. The number of amides is 2. The van der Waals surface area contributed by atoms with Crippen LogP contribution in [0.3, 0.4) is 0 Å². The molecule has 2 N–H and O–H groups in total. The lowest BCUT2D eigenvalue weighted by Gasteiger charge is -2.54. The minimum Gasteiger partial charge on any atom is -0.392 e. The number of thioether (sulfide) groups is 1. The van der Waals surface area contributed by atoms with Crippen LogP contribution in [0.2, 0.25) is 0 Å². The largest absolute Gasteiger partial charge is 0.392 e. The lowest BCUT2D eigenvalue weighted by Crippen LogP contribution is -2.70. The number of nitrogens with zero attached hydrogens (tertiary/aromatic N) is 2. The molecule has 3 aliphatic rings. The SMILES string of the molecule is C[C@@H](O)[C@H]1C(=O)N2C(C(=O)S)=C(C3CCNC3=O)S[C@]12Cc1ccc([N+](=O)[O-])cc1. The second-order valence-electron chi connectivity index (χ2n) is 7.59. The molecule has 0 radical (unpaired) electrons. The summed E-state index contributed by atoms with van der Waals surface area (Å²) in [5.74, 6) is -1.95. The number of nitro groups is 1. The monoisotopic (exact) mass is 449 g/mol. The lowest BCUT2D eigenvalue weighted by atomic mass is 9.78. The third kappa shape index (κ3) is 3.03. The van der Waals surface area contributed by atoms with Crippen LogP contribution in [0.4, 0.5) is 5.69 Å². The van der Waals surface area contributed by atoms with Crippen LogP contribution >= 0.6 is 24.4 Å². The molecular weight excluding hydrogens is 430 g/mol. The molecule has 158 valence electrons. The second-order valence-corrected chi connectivity index (χ2v) is 9.35. The van der Waals surface area contributed by atoms with Crippen molar-refractivity contribution >= 4 is 47.0 Å². The van der Waals surface area contributed by atoms with E-state index in [2.05, 4.69) is 17.9 Å². The van der Waals surface area contributed by atoms with Gasteiger partial charge in [-0.15, -0.1) is 0 Å². The van der Waals surface area contributed by atoms with Crippen LogP contribution < -0.4 is 5.32 Å². The predicted octanol–water partition coefficient (Wildman–Crippen LogP) is 1.22. The van der Waals surface area contributed by atoms with E-state index in [1.165, 1.54) is 35.7 Å². The van der Waals surface area contributed by atoms with Gasteiger partial charge in [0.25, 0.3) is 5.69 Å². The molecule has 0 spiro atoms. The van der Waals surface area contributed by atoms with Crippen molar-refractivity contribution in [3.63, 3.8) is 0 Å². The molecule has 0 bridgehead atoms. The number of nitrogens with one attached hydrogen (secondary N) is 1. The molecule has 1 unspecified atom stereocenters. The summed E-state index contributed by atoms with van der Waals surface area (Å²) in [5.41, 5.74) is 0.741. The van der Waals surface area contributed by atoms with Gasteiger partial charge in [-0.1, -0.05) is 36.5 Å². The fourth-order valence-electron chi connectivity index (χ4n) is 4.47. The number of benzene rings is 1. The molecule has 9 nitrogen and oxygen atoms in total. The highest BCUT2D eigenvalue weighted by atomic mass is 32.2. The number of β-lactam (4-membered cyclic amide) rings is 1. The van der Waals surface area contributed by atoms with E-state index in [1.54, 1.807) is 12.1 Å². The molecule has 4 rings (SSSR count). The van der Waals surface area contributed by atoms with Crippen LogP contribution in [-0.2, 0) is 20.8 Å². The molecular formula is C19H19N3O6S2. The molecule has 3 heterocycles. The number of aliphatic hydroxyl groups excluding tert-OH is 1. The Morgan fingerprint density at radius 2 is 2.10 bits per heavy atom. The topological polar surface area (TPSA) is 130 Å². The third-order valence-corrected chi connectivity index (χ3v) is 7.59. The zero-order chi connectivity index (χ0) is 21.8. The molecule has 30 heavy (non-hydrogen) atoms. The van der Waals surface area contributed by atoms with E-state index in [-0.39, 0.29) is 23.7 Å².